The van der Waals surface area contributed by atoms with Crippen molar-refractivity contribution in [3.05, 3.63) is 83.3 Å². The van der Waals surface area contributed by atoms with Crippen LogP contribution in [0.15, 0.2) is 93.1 Å². The largest absolute Gasteiger partial charge is 0.325 e. The van der Waals surface area contributed by atoms with Gasteiger partial charge in [0.15, 0.2) is 0 Å². The summed E-state index contributed by atoms with van der Waals surface area (Å²) in [6.45, 7) is 1.83. The van der Waals surface area contributed by atoms with Crippen molar-refractivity contribution < 1.29 is 13.2 Å². The Morgan fingerprint density at radius 2 is 1.48 bits per heavy atom. The highest BCUT2D eigenvalue weighted by atomic mass is 79.9. The Bertz CT molecular complexity index is 1070. The summed E-state index contributed by atoms with van der Waals surface area (Å²) < 4.78 is 28.4. The van der Waals surface area contributed by atoms with E-state index in [1.165, 1.54) is 23.9 Å². The summed E-state index contributed by atoms with van der Waals surface area (Å²) in [6, 6.07) is 22.6. The van der Waals surface area contributed by atoms with E-state index < -0.39 is 10.0 Å². The number of sulfonamides is 1. The molecule has 0 spiro atoms. The number of carbonyl (C=O) groups is 1. The van der Waals surface area contributed by atoms with Crippen LogP contribution in [-0.4, -0.2) is 19.6 Å². The number of carbonyl (C=O) groups excluding carboxylic acids is 1. The van der Waals surface area contributed by atoms with Crippen molar-refractivity contribution in [1.82, 2.24) is 0 Å². The molecule has 0 aliphatic carbocycles. The fourth-order valence-corrected chi connectivity index (χ4v) is 4.66. The highest BCUT2D eigenvalue weighted by Crippen LogP contribution is 2.24. The smallest absolute Gasteiger partial charge is 0.261 e. The predicted molar refractivity (Wildman–Crippen MR) is 122 cm³/mol. The molecule has 0 heterocycles. The van der Waals surface area contributed by atoms with Crippen LogP contribution in [-0.2, 0) is 14.8 Å². The van der Waals surface area contributed by atoms with E-state index in [0.717, 1.165) is 9.37 Å². The molecule has 5 nitrogen and oxygen atoms in total. The van der Waals surface area contributed by atoms with Gasteiger partial charge in [0.05, 0.1) is 10.1 Å². The van der Waals surface area contributed by atoms with Crippen LogP contribution >= 0.6 is 27.7 Å². The first-order chi connectivity index (χ1) is 13.8. The van der Waals surface area contributed by atoms with Gasteiger partial charge in [-0.1, -0.05) is 34.1 Å². The summed E-state index contributed by atoms with van der Waals surface area (Å²) in [6.07, 6.45) is 0. The zero-order valence-corrected chi connectivity index (χ0v) is 18.7. The fourth-order valence-electron chi connectivity index (χ4n) is 2.45. The van der Waals surface area contributed by atoms with Crippen LogP contribution in [0.25, 0.3) is 0 Å². The highest BCUT2D eigenvalue weighted by molar-refractivity contribution is 9.10. The Hall–Kier alpha value is -2.29. The van der Waals surface area contributed by atoms with E-state index in [1.54, 1.807) is 36.4 Å². The molecule has 29 heavy (non-hydrogen) atoms. The van der Waals surface area contributed by atoms with E-state index in [2.05, 4.69) is 26.0 Å². The summed E-state index contributed by atoms with van der Waals surface area (Å²) in [5.74, 6) is -0.151. The summed E-state index contributed by atoms with van der Waals surface area (Å²) in [7, 11) is -3.71. The lowest BCUT2D eigenvalue weighted by Crippen LogP contribution is -2.22. The maximum atomic E-state index is 12.5. The Balaban J connectivity index is 1.63. The average Bonchev–Trinajstić information content (AvgIpc) is 2.71. The van der Waals surface area contributed by atoms with Gasteiger partial charge in [-0.15, -0.1) is 11.8 Å². The molecule has 150 valence electrons. The lowest BCUT2D eigenvalue weighted by molar-refractivity contribution is -0.115. The van der Waals surface area contributed by atoms with E-state index >= 15 is 0 Å². The van der Waals surface area contributed by atoms with E-state index in [0.29, 0.717) is 11.4 Å². The number of hydrogen-bond donors (Lipinski definition) is 2. The number of amides is 1. The summed E-state index contributed by atoms with van der Waals surface area (Å²) >= 11 is 4.77. The molecule has 0 aliphatic rings. The number of anilines is 2. The van der Waals surface area contributed by atoms with Crippen LogP contribution in [0.4, 0.5) is 11.4 Å². The van der Waals surface area contributed by atoms with Crippen molar-refractivity contribution in [2.75, 3.05) is 10.0 Å². The molecule has 0 aliphatic heterocycles. The Kier molecular flexibility index (Phi) is 7.00. The maximum absolute atomic E-state index is 12.5. The zero-order chi connectivity index (χ0) is 20.9. The fraction of sp³-hybridized carbons (Fsp3) is 0.0952. The molecular weight excluding hydrogens is 472 g/mol. The molecule has 2 N–H and O–H groups in total. The first kappa shape index (κ1) is 21.4. The number of hydrogen-bond acceptors (Lipinski definition) is 4. The summed E-state index contributed by atoms with van der Waals surface area (Å²) in [4.78, 5) is 13.5. The van der Waals surface area contributed by atoms with Gasteiger partial charge in [0.25, 0.3) is 10.0 Å². The molecule has 0 saturated carbocycles. The molecular formula is C21H19BrN2O3S2. The molecule has 3 aromatic carbocycles. The number of nitrogens with one attached hydrogen (secondary N) is 2. The van der Waals surface area contributed by atoms with Gasteiger partial charge >= 0.3 is 0 Å². The van der Waals surface area contributed by atoms with Crippen molar-refractivity contribution >= 4 is 55.0 Å². The molecule has 0 saturated heterocycles. The zero-order valence-electron chi connectivity index (χ0n) is 15.5. The molecule has 0 bridgehead atoms. The number of rotatable bonds is 7. The number of benzene rings is 3. The average molecular weight is 491 g/mol. The lowest BCUT2D eigenvalue weighted by atomic mass is 10.3. The minimum Gasteiger partial charge on any atom is -0.325 e. The molecule has 1 amide bonds. The van der Waals surface area contributed by atoms with E-state index in [9.17, 15) is 13.2 Å². The SMILES string of the molecule is C[C@H](Sc1ccccc1)C(=O)Nc1ccc(S(=O)(=O)Nc2ccc(Br)cc2)cc1. The second-order valence-electron chi connectivity index (χ2n) is 6.20. The molecule has 0 fully saturated rings. The third-order valence-electron chi connectivity index (χ3n) is 3.95. The Morgan fingerprint density at radius 3 is 2.10 bits per heavy atom. The van der Waals surface area contributed by atoms with Gasteiger partial charge in [-0.05, 0) is 67.6 Å². The van der Waals surface area contributed by atoms with Crippen LogP contribution in [0.3, 0.4) is 0 Å². The van der Waals surface area contributed by atoms with Gasteiger partial charge in [-0.3, -0.25) is 9.52 Å². The molecule has 8 heteroatoms. The molecule has 3 aromatic rings. The maximum Gasteiger partial charge on any atom is 0.261 e. The topological polar surface area (TPSA) is 75.3 Å². The molecule has 0 unspecified atom stereocenters. The molecule has 3 rings (SSSR count). The van der Waals surface area contributed by atoms with Crippen LogP contribution in [0.5, 0.6) is 0 Å². The monoisotopic (exact) mass is 490 g/mol. The first-order valence-electron chi connectivity index (χ1n) is 8.74. The second kappa shape index (κ2) is 9.47. The Labute approximate surface area is 183 Å². The van der Waals surface area contributed by atoms with Crippen LogP contribution in [0.2, 0.25) is 0 Å². The van der Waals surface area contributed by atoms with Gasteiger partial charge in [0.1, 0.15) is 0 Å². The van der Waals surface area contributed by atoms with Crippen molar-refractivity contribution in [3.63, 3.8) is 0 Å². The van der Waals surface area contributed by atoms with Gasteiger partial charge < -0.3 is 5.32 Å². The minimum absolute atomic E-state index is 0.116. The van der Waals surface area contributed by atoms with Crippen molar-refractivity contribution in [2.45, 2.75) is 22.0 Å². The minimum atomic E-state index is -3.71. The third kappa shape index (κ3) is 6.09. The van der Waals surface area contributed by atoms with Gasteiger partial charge in [-0.2, -0.15) is 0 Å². The second-order valence-corrected chi connectivity index (χ2v) is 10.2. The molecule has 0 radical (unpaired) electrons. The van der Waals surface area contributed by atoms with Gasteiger partial charge in [0, 0.05) is 20.7 Å². The third-order valence-corrected chi connectivity index (χ3v) is 6.99. The van der Waals surface area contributed by atoms with Crippen LogP contribution in [0, 0.1) is 0 Å². The van der Waals surface area contributed by atoms with E-state index in [4.69, 9.17) is 0 Å². The lowest BCUT2D eigenvalue weighted by Gasteiger charge is -2.13. The Morgan fingerprint density at radius 1 is 0.897 bits per heavy atom. The highest BCUT2D eigenvalue weighted by Gasteiger charge is 2.17. The molecule has 1 atom stereocenters. The van der Waals surface area contributed by atoms with Crippen molar-refractivity contribution in [1.29, 1.82) is 0 Å². The van der Waals surface area contributed by atoms with E-state index in [-0.39, 0.29) is 16.1 Å². The first-order valence-corrected chi connectivity index (χ1v) is 11.9. The number of thioether (sulfide) groups is 1. The van der Waals surface area contributed by atoms with Gasteiger partial charge in [0.2, 0.25) is 5.91 Å². The quantitative estimate of drug-likeness (QED) is 0.436. The van der Waals surface area contributed by atoms with Crippen molar-refractivity contribution in [3.8, 4) is 0 Å². The van der Waals surface area contributed by atoms with Crippen molar-refractivity contribution in [2.24, 2.45) is 0 Å². The van der Waals surface area contributed by atoms with Crippen LogP contribution < -0.4 is 10.0 Å². The summed E-state index contributed by atoms with van der Waals surface area (Å²) in [5.41, 5.74) is 1.01. The standard InChI is InChI=1S/C21H19BrN2O3S2/c1-15(28-19-5-3-2-4-6-19)21(25)23-17-11-13-20(14-12-17)29(26,27)24-18-9-7-16(22)8-10-18/h2-15,24H,1H3,(H,23,25)/t15-/m0/s1. The molecule has 0 aromatic heterocycles. The predicted octanol–water partition coefficient (Wildman–Crippen LogP) is 5.37. The van der Waals surface area contributed by atoms with Gasteiger partial charge in [-0.25, -0.2) is 8.42 Å². The van der Waals surface area contributed by atoms with Crippen LogP contribution in [0.1, 0.15) is 6.92 Å². The normalized spacial score (nSPS) is 12.2. The van der Waals surface area contributed by atoms with E-state index in [1.807, 2.05) is 37.3 Å². The summed E-state index contributed by atoms with van der Waals surface area (Å²) in [5, 5.41) is 2.52. The number of halogens is 1.